The van der Waals surface area contributed by atoms with Gasteiger partial charge in [0.25, 0.3) is 11.8 Å². The van der Waals surface area contributed by atoms with Crippen molar-refractivity contribution >= 4 is 29.1 Å². The Morgan fingerprint density at radius 1 is 0.743 bits per heavy atom. The molecule has 3 aromatic carbocycles. The highest BCUT2D eigenvalue weighted by Crippen LogP contribution is 2.12. The average Bonchev–Trinajstić information content (AvgIpc) is 2.90. The van der Waals surface area contributed by atoms with Crippen LogP contribution in [0.3, 0.4) is 0 Å². The van der Waals surface area contributed by atoms with Crippen molar-refractivity contribution in [3.05, 3.63) is 95.6 Å². The molecule has 0 radical (unpaired) electrons. The standard InChI is InChI=1S/C27H30N4O4/c1-35-17-5-16-28-26(33)21-8-12-23(13-9-21)29-19-25(32)31-24-14-10-22(11-15-24)27(34)30-18-20-6-3-2-4-7-20/h2-4,6-15,29H,5,16-19H2,1H3,(H,28,33)(H,30,34)(H,31,32). The molecular weight excluding hydrogens is 444 g/mol. The smallest absolute Gasteiger partial charge is 0.251 e. The van der Waals surface area contributed by atoms with Gasteiger partial charge in [-0.2, -0.15) is 0 Å². The van der Waals surface area contributed by atoms with Crippen LogP contribution in [0.15, 0.2) is 78.9 Å². The van der Waals surface area contributed by atoms with Gasteiger partial charge in [-0.1, -0.05) is 30.3 Å². The molecule has 0 saturated heterocycles. The summed E-state index contributed by atoms with van der Waals surface area (Å²) in [6.45, 7) is 1.65. The Bertz CT molecular complexity index is 1100. The lowest BCUT2D eigenvalue weighted by Gasteiger charge is -2.10. The Morgan fingerprint density at radius 3 is 1.97 bits per heavy atom. The van der Waals surface area contributed by atoms with Gasteiger partial charge in [0, 0.05) is 49.3 Å². The van der Waals surface area contributed by atoms with Crippen LogP contribution in [-0.4, -0.2) is 44.5 Å². The van der Waals surface area contributed by atoms with Crippen LogP contribution in [0.25, 0.3) is 0 Å². The molecule has 35 heavy (non-hydrogen) atoms. The molecule has 0 fully saturated rings. The minimum Gasteiger partial charge on any atom is -0.385 e. The second-order valence-corrected chi connectivity index (χ2v) is 7.83. The Morgan fingerprint density at radius 2 is 1.34 bits per heavy atom. The number of benzene rings is 3. The van der Waals surface area contributed by atoms with E-state index in [1.807, 2.05) is 30.3 Å². The van der Waals surface area contributed by atoms with E-state index in [1.165, 1.54) is 0 Å². The minimum atomic E-state index is -0.230. The van der Waals surface area contributed by atoms with Crippen LogP contribution in [0.5, 0.6) is 0 Å². The molecule has 0 spiro atoms. The Hall–Kier alpha value is -4.17. The van der Waals surface area contributed by atoms with Gasteiger partial charge in [-0.05, 0) is 60.5 Å². The second kappa shape index (κ2) is 13.5. The Balaban J connectivity index is 1.40. The van der Waals surface area contributed by atoms with Gasteiger partial charge in [0.15, 0.2) is 0 Å². The number of rotatable bonds is 12. The summed E-state index contributed by atoms with van der Waals surface area (Å²) in [5.74, 6) is -0.561. The Kier molecular flexibility index (Phi) is 9.83. The van der Waals surface area contributed by atoms with Crippen molar-refractivity contribution in [1.29, 1.82) is 0 Å². The van der Waals surface area contributed by atoms with Gasteiger partial charge in [0.1, 0.15) is 0 Å². The number of hydrogen-bond acceptors (Lipinski definition) is 5. The number of ether oxygens (including phenoxy) is 1. The van der Waals surface area contributed by atoms with E-state index in [9.17, 15) is 14.4 Å². The molecule has 3 rings (SSSR count). The van der Waals surface area contributed by atoms with Crippen molar-refractivity contribution in [2.45, 2.75) is 13.0 Å². The molecule has 8 heteroatoms. The van der Waals surface area contributed by atoms with Gasteiger partial charge in [0.05, 0.1) is 6.54 Å². The summed E-state index contributed by atoms with van der Waals surface area (Å²) < 4.78 is 4.96. The summed E-state index contributed by atoms with van der Waals surface area (Å²) in [5, 5.41) is 11.5. The molecule has 0 saturated carbocycles. The molecule has 3 amide bonds. The largest absolute Gasteiger partial charge is 0.385 e. The molecule has 4 N–H and O–H groups in total. The van der Waals surface area contributed by atoms with E-state index >= 15 is 0 Å². The van der Waals surface area contributed by atoms with E-state index in [2.05, 4.69) is 21.3 Å². The van der Waals surface area contributed by atoms with Crippen molar-refractivity contribution in [3.63, 3.8) is 0 Å². The highest BCUT2D eigenvalue weighted by Gasteiger charge is 2.08. The van der Waals surface area contributed by atoms with Crippen LogP contribution in [-0.2, 0) is 16.1 Å². The number of nitrogens with one attached hydrogen (secondary N) is 4. The van der Waals surface area contributed by atoms with Crippen LogP contribution >= 0.6 is 0 Å². The zero-order valence-electron chi connectivity index (χ0n) is 19.7. The summed E-state index contributed by atoms with van der Waals surface area (Å²) in [5.41, 5.74) is 3.40. The normalized spacial score (nSPS) is 10.3. The number of amides is 3. The van der Waals surface area contributed by atoms with Crippen molar-refractivity contribution in [3.8, 4) is 0 Å². The second-order valence-electron chi connectivity index (χ2n) is 7.83. The highest BCUT2D eigenvalue weighted by atomic mass is 16.5. The molecule has 3 aromatic rings. The van der Waals surface area contributed by atoms with E-state index in [0.717, 1.165) is 17.7 Å². The maximum absolute atomic E-state index is 12.3. The molecule has 0 aliphatic rings. The first-order chi connectivity index (χ1) is 17.0. The van der Waals surface area contributed by atoms with Gasteiger partial charge >= 0.3 is 0 Å². The zero-order chi connectivity index (χ0) is 24.9. The van der Waals surface area contributed by atoms with Crippen molar-refractivity contribution < 1.29 is 19.1 Å². The number of anilines is 2. The summed E-state index contributed by atoms with van der Waals surface area (Å²) >= 11 is 0. The van der Waals surface area contributed by atoms with Gasteiger partial charge in [-0.3, -0.25) is 14.4 Å². The Labute approximate surface area is 205 Å². The van der Waals surface area contributed by atoms with Gasteiger partial charge < -0.3 is 26.0 Å². The van der Waals surface area contributed by atoms with Crippen molar-refractivity contribution in [2.75, 3.05) is 37.4 Å². The molecule has 0 atom stereocenters. The molecule has 0 heterocycles. The summed E-state index contributed by atoms with van der Waals surface area (Å²) in [6.07, 6.45) is 0.751. The van der Waals surface area contributed by atoms with E-state index in [1.54, 1.807) is 55.6 Å². The van der Waals surface area contributed by atoms with Crippen LogP contribution in [0.4, 0.5) is 11.4 Å². The van der Waals surface area contributed by atoms with Gasteiger partial charge in [-0.25, -0.2) is 0 Å². The van der Waals surface area contributed by atoms with Crippen molar-refractivity contribution in [2.24, 2.45) is 0 Å². The maximum Gasteiger partial charge on any atom is 0.251 e. The molecule has 0 unspecified atom stereocenters. The molecule has 0 bridgehead atoms. The topological polar surface area (TPSA) is 109 Å². The minimum absolute atomic E-state index is 0.0574. The van der Waals surface area contributed by atoms with Crippen LogP contribution in [0.2, 0.25) is 0 Å². The fourth-order valence-corrected chi connectivity index (χ4v) is 3.23. The number of methoxy groups -OCH3 is 1. The van der Waals surface area contributed by atoms with Crippen LogP contribution in [0.1, 0.15) is 32.7 Å². The lowest BCUT2D eigenvalue weighted by atomic mass is 10.1. The third kappa shape index (κ3) is 8.60. The van der Waals surface area contributed by atoms with E-state index in [-0.39, 0.29) is 24.3 Å². The third-order valence-electron chi connectivity index (χ3n) is 5.14. The first-order valence-electron chi connectivity index (χ1n) is 11.4. The van der Waals surface area contributed by atoms with E-state index in [0.29, 0.717) is 36.5 Å². The first kappa shape index (κ1) is 25.5. The monoisotopic (exact) mass is 474 g/mol. The predicted octanol–water partition coefficient (Wildman–Crippen LogP) is 3.43. The van der Waals surface area contributed by atoms with E-state index in [4.69, 9.17) is 4.74 Å². The fourth-order valence-electron chi connectivity index (χ4n) is 3.23. The zero-order valence-corrected chi connectivity index (χ0v) is 19.7. The molecule has 0 aliphatic heterocycles. The maximum atomic E-state index is 12.3. The van der Waals surface area contributed by atoms with Crippen LogP contribution < -0.4 is 21.3 Å². The first-order valence-corrected chi connectivity index (χ1v) is 11.4. The predicted molar refractivity (Wildman–Crippen MR) is 136 cm³/mol. The number of carbonyl (C=O) groups is 3. The highest BCUT2D eigenvalue weighted by molar-refractivity contribution is 5.97. The van der Waals surface area contributed by atoms with Gasteiger partial charge in [0.2, 0.25) is 5.91 Å². The summed E-state index contributed by atoms with van der Waals surface area (Å²) in [4.78, 5) is 36.7. The molecule has 0 aromatic heterocycles. The third-order valence-corrected chi connectivity index (χ3v) is 5.14. The van der Waals surface area contributed by atoms with E-state index < -0.39 is 0 Å². The van der Waals surface area contributed by atoms with Crippen LogP contribution in [0, 0.1) is 0 Å². The summed E-state index contributed by atoms with van der Waals surface area (Å²) in [6, 6.07) is 23.3. The number of carbonyl (C=O) groups excluding carboxylic acids is 3. The SMILES string of the molecule is COCCCNC(=O)c1ccc(NCC(=O)Nc2ccc(C(=O)NCc3ccccc3)cc2)cc1. The molecule has 182 valence electrons. The van der Waals surface area contributed by atoms with Crippen molar-refractivity contribution in [1.82, 2.24) is 10.6 Å². The quantitative estimate of drug-likeness (QED) is 0.301. The average molecular weight is 475 g/mol. The molecular formula is C27H30N4O4. The summed E-state index contributed by atoms with van der Waals surface area (Å²) in [7, 11) is 1.62. The number of hydrogen-bond donors (Lipinski definition) is 4. The lowest BCUT2D eigenvalue weighted by molar-refractivity contribution is -0.114. The fraction of sp³-hybridized carbons (Fsp3) is 0.222. The van der Waals surface area contributed by atoms with Gasteiger partial charge in [-0.15, -0.1) is 0 Å². The molecule has 8 nitrogen and oxygen atoms in total. The molecule has 0 aliphatic carbocycles. The lowest BCUT2D eigenvalue weighted by Crippen LogP contribution is -2.25.